The quantitative estimate of drug-likeness (QED) is 0.626. The molecule has 8 nitrogen and oxygen atoms in total. The van der Waals surface area contributed by atoms with Gasteiger partial charge in [0.15, 0.2) is 0 Å². The van der Waals surface area contributed by atoms with Crippen LogP contribution >= 0.6 is 0 Å². The lowest BCUT2D eigenvalue weighted by Crippen LogP contribution is -2.38. The van der Waals surface area contributed by atoms with Crippen molar-refractivity contribution < 1.29 is 14.5 Å². The van der Waals surface area contributed by atoms with Crippen LogP contribution in [0.2, 0.25) is 0 Å². The normalized spacial score (nSPS) is 14.1. The Balaban J connectivity index is 1.75. The first-order chi connectivity index (χ1) is 12.6. The van der Waals surface area contributed by atoms with Gasteiger partial charge in [0.1, 0.15) is 0 Å². The van der Waals surface area contributed by atoms with Crippen LogP contribution in [0.3, 0.4) is 0 Å². The summed E-state index contributed by atoms with van der Waals surface area (Å²) in [6.45, 7) is 2.83. The molecular formula is C18H20N4O4. The molecule has 0 saturated carbocycles. The fourth-order valence-corrected chi connectivity index (χ4v) is 2.84. The SMILES string of the molecule is O=C(NCCc1ccccn1)c1cc([N+](=O)[O-])ccc1N1CCOCC1. The first-order valence-electron chi connectivity index (χ1n) is 8.44. The fraction of sp³-hybridized carbons (Fsp3) is 0.333. The zero-order valence-corrected chi connectivity index (χ0v) is 14.3. The van der Waals surface area contributed by atoms with Gasteiger partial charge >= 0.3 is 0 Å². The van der Waals surface area contributed by atoms with Crippen LogP contribution in [0.5, 0.6) is 0 Å². The summed E-state index contributed by atoms with van der Waals surface area (Å²) in [5.74, 6) is -0.328. The average Bonchev–Trinajstić information content (AvgIpc) is 2.69. The van der Waals surface area contributed by atoms with E-state index in [0.717, 1.165) is 5.69 Å². The Morgan fingerprint density at radius 3 is 2.77 bits per heavy atom. The van der Waals surface area contributed by atoms with E-state index < -0.39 is 4.92 Å². The second-order valence-electron chi connectivity index (χ2n) is 5.88. The third-order valence-electron chi connectivity index (χ3n) is 4.18. The van der Waals surface area contributed by atoms with Crippen molar-refractivity contribution >= 4 is 17.3 Å². The Hall–Kier alpha value is -3.00. The van der Waals surface area contributed by atoms with Crippen molar-refractivity contribution in [1.82, 2.24) is 10.3 Å². The van der Waals surface area contributed by atoms with Crippen LogP contribution in [0.4, 0.5) is 11.4 Å². The van der Waals surface area contributed by atoms with Gasteiger partial charge in [0.05, 0.1) is 29.4 Å². The van der Waals surface area contributed by atoms with Gasteiger partial charge in [-0.1, -0.05) is 6.07 Å². The molecule has 0 bridgehead atoms. The summed E-state index contributed by atoms with van der Waals surface area (Å²) in [6, 6.07) is 10.0. The molecule has 2 heterocycles. The van der Waals surface area contributed by atoms with Gasteiger partial charge < -0.3 is 15.0 Å². The highest BCUT2D eigenvalue weighted by atomic mass is 16.6. The first-order valence-corrected chi connectivity index (χ1v) is 8.44. The second-order valence-corrected chi connectivity index (χ2v) is 5.88. The van der Waals surface area contributed by atoms with E-state index in [-0.39, 0.29) is 11.6 Å². The summed E-state index contributed by atoms with van der Waals surface area (Å²) in [5, 5.41) is 13.9. The van der Waals surface area contributed by atoms with Gasteiger partial charge in [0.2, 0.25) is 0 Å². The van der Waals surface area contributed by atoms with E-state index in [2.05, 4.69) is 10.3 Å². The van der Waals surface area contributed by atoms with Crippen LogP contribution in [0.1, 0.15) is 16.1 Å². The molecule has 0 radical (unpaired) electrons. The van der Waals surface area contributed by atoms with Gasteiger partial charge in [-0.05, 0) is 18.2 Å². The van der Waals surface area contributed by atoms with E-state index in [9.17, 15) is 14.9 Å². The van der Waals surface area contributed by atoms with Crippen molar-refractivity contribution in [3.63, 3.8) is 0 Å². The number of nitro groups is 1. The van der Waals surface area contributed by atoms with Crippen LogP contribution < -0.4 is 10.2 Å². The van der Waals surface area contributed by atoms with E-state index in [1.165, 1.54) is 12.1 Å². The molecule has 136 valence electrons. The van der Waals surface area contributed by atoms with E-state index in [4.69, 9.17) is 4.74 Å². The molecule has 8 heteroatoms. The number of morpholine rings is 1. The zero-order valence-electron chi connectivity index (χ0n) is 14.3. The smallest absolute Gasteiger partial charge is 0.270 e. The monoisotopic (exact) mass is 356 g/mol. The summed E-state index contributed by atoms with van der Waals surface area (Å²) in [5.41, 5.74) is 1.77. The Kier molecular flexibility index (Phi) is 5.75. The number of rotatable bonds is 6. The van der Waals surface area contributed by atoms with Gasteiger partial charge in [0.25, 0.3) is 11.6 Å². The Morgan fingerprint density at radius 2 is 2.08 bits per heavy atom. The van der Waals surface area contributed by atoms with Crippen LogP contribution in [0, 0.1) is 10.1 Å². The molecule has 1 aliphatic heterocycles. The third-order valence-corrected chi connectivity index (χ3v) is 4.18. The minimum Gasteiger partial charge on any atom is -0.378 e. The highest BCUT2D eigenvalue weighted by Crippen LogP contribution is 2.26. The number of pyridine rings is 1. The Labute approximate surface area is 150 Å². The lowest BCUT2D eigenvalue weighted by molar-refractivity contribution is -0.384. The van der Waals surface area contributed by atoms with Gasteiger partial charge in [-0.3, -0.25) is 19.9 Å². The maximum atomic E-state index is 12.7. The van der Waals surface area contributed by atoms with E-state index in [0.29, 0.717) is 50.5 Å². The molecule has 0 unspecified atom stereocenters. The topological polar surface area (TPSA) is 97.6 Å². The molecule has 0 spiro atoms. The second kappa shape index (κ2) is 8.39. The van der Waals surface area contributed by atoms with E-state index >= 15 is 0 Å². The summed E-state index contributed by atoms with van der Waals surface area (Å²) >= 11 is 0. The highest BCUT2D eigenvalue weighted by molar-refractivity contribution is 6.00. The molecule has 3 rings (SSSR count). The first kappa shape index (κ1) is 17.8. The van der Waals surface area contributed by atoms with E-state index in [1.54, 1.807) is 12.3 Å². The number of hydrogen-bond donors (Lipinski definition) is 1. The lowest BCUT2D eigenvalue weighted by atomic mass is 10.1. The predicted molar refractivity (Wildman–Crippen MR) is 96.4 cm³/mol. The van der Waals surface area contributed by atoms with Gasteiger partial charge in [0, 0.05) is 50.1 Å². The van der Waals surface area contributed by atoms with Crippen molar-refractivity contribution in [2.24, 2.45) is 0 Å². The van der Waals surface area contributed by atoms with Crippen LogP contribution in [-0.4, -0.2) is 48.7 Å². The van der Waals surface area contributed by atoms with Crippen LogP contribution in [0.25, 0.3) is 0 Å². The number of hydrogen-bond acceptors (Lipinski definition) is 6. The number of nitrogens with one attached hydrogen (secondary N) is 1. The van der Waals surface area contributed by atoms with Gasteiger partial charge in [-0.2, -0.15) is 0 Å². The summed E-state index contributed by atoms with van der Waals surface area (Å²) in [6.07, 6.45) is 2.29. The maximum Gasteiger partial charge on any atom is 0.270 e. The molecule has 1 aromatic carbocycles. The standard InChI is InChI=1S/C18H20N4O4/c23-18(20-8-6-14-3-1-2-7-19-14)16-13-15(22(24)25)4-5-17(16)21-9-11-26-12-10-21/h1-5,7,13H,6,8-12H2,(H,20,23). The number of non-ortho nitro benzene ring substituents is 1. The maximum absolute atomic E-state index is 12.7. The van der Waals surface area contributed by atoms with Crippen molar-refractivity contribution in [3.05, 3.63) is 64.0 Å². The van der Waals surface area contributed by atoms with Crippen LogP contribution in [-0.2, 0) is 11.2 Å². The number of aromatic nitrogens is 1. The molecule has 1 N–H and O–H groups in total. The molecule has 1 saturated heterocycles. The third kappa shape index (κ3) is 4.34. The number of anilines is 1. The molecule has 1 fully saturated rings. The van der Waals surface area contributed by atoms with Gasteiger partial charge in [-0.25, -0.2) is 0 Å². The number of carbonyl (C=O) groups is 1. The summed E-state index contributed by atoms with van der Waals surface area (Å²) < 4.78 is 5.34. The molecule has 0 aliphatic carbocycles. The average molecular weight is 356 g/mol. The Morgan fingerprint density at radius 1 is 1.27 bits per heavy atom. The van der Waals surface area contributed by atoms with Crippen molar-refractivity contribution in [2.75, 3.05) is 37.7 Å². The number of ether oxygens (including phenoxy) is 1. The lowest BCUT2D eigenvalue weighted by Gasteiger charge is -2.30. The molecule has 1 amide bonds. The number of nitro benzene ring substituents is 1. The largest absolute Gasteiger partial charge is 0.378 e. The van der Waals surface area contributed by atoms with E-state index in [1.807, 2.05) is 23.1 Å². The molecule has 0 atom stereocenters. The van der Waals surface area contributed by atoms with Gasteiger partial charge in [-0.15, -0.1) is 0 Å². The minimum atomic E-state index is -0.492. The fourth-order valence-electron chi connectivity index (χ4n) is 2.84. The number of amides is 1. The van der Waals surface area contributed by atoms with Crippen molar-refractivity contribution in [3.8, 4) is 0 Å². The predicted octanol–water partition coefficient (Wildman–Crippen LogP) is 1.80. The zero-order chi connectivity index (χ0) is 18.4. The molecule has 26 heavy (non-hydrogen) atoms. The number of nitrogens with zero attached hydrogens (tertiary/aromatic N) is 3. The summed E-state index contributed by atoms with van der Waals surface area (Å²) in [4.78, 5) is 29.5. The Bertz CT molecular complexity index is 776. The summed E-state index contributed by atoms with van der Waals surface area (Å²) in [7, 11) is 0. The van der Waals surface area contributed by atoms with Crippen molar-refractivity contribution in [1.29, 1.82) is 0 Å². The molecular weight excluding hydrogens is 336 g/mol. The molecule has 2 aromatic rings. The molecule has 1 aliphatic rings. The number of carbonyl (C=O) groups excluding carboxylic acids is 1. The number of benzene rings is 1. The molecule has 1 aromatic heterocycles. The minimum absolute atomic E-state index is 0.100. The van der Waals surface area contributed by atoms with Crippen molar-refractivity contribution in [2.45, 2.75) is 6.42 Å². The highest BCUT2D eigenvalue weighted by Gasteiger charge is 2.21. The van der Waals surface area contributed by atoms with Crippen LogP contribution in [0.15, 0.2) is 42.6 Å².